The van der Waals surface area contributed by atoms with E-state index in [1.807, 2.05) is 0 Å². The van der Waals surface area contributed by atoms with Crippen molar-refractivity contribution in [2.75, 3.05) is 0 Å². The SMILES string of the molecule is Cc1ccc(CC(C)(Br)Br)cc2c(C)ccc1-2. The summed E-state index contributed by atoms with van der Waals surface area (Å²) in [5, 5.41) is 0. The lowest BCUT2D eigenvalue weighted by atomic mass is 10.1. The summed E-state index contributed by atoms with van der Waals surface area (Å²) in [6, 6.07) is 11.1. The zero-order valence-electron chi connectivity index (χ0n) is 10.3. The zero-order chi connectivity index (χ0) is 12.6. The van der Waals surface area contributed by atoms with Gasteiger partial charge >= 0.3 is 0 Å². The molecule has 90 valence electrons. The first-order valence-corrected chi connectivity index (χ1v) is 7.32. The Morgan fingerprint density at radius 2 is 1.53 bits per heavy atom. The van der Waals surface area contributed by atoms with Crippen molar-refractivity contribution in [2.45, 2.75) is 30.4 Å². The molecule has 0 aromatic carbocycles. The van der Waals surface area contributed by atoms with Crippen molar-refractivity contribution in [3.8, 4) is 11.1 Å². The minimum Gasteiger partial charge on any atom is -0.0727 e. The van der Waals surface area contributed by atoms with E-state index >= 15 is 0 Å². The third kappa shape index (κ3) is 3.11. The molecule has 0 aliphatic heterocycles. The van der Waals surface area contributed by atoms with E-state index in [0.717, 1.165) is 6.42 Å². The number of aryl methyl sites for hydroxylation is 2. The Hall–Kier alpha value is -0.340. The van der Waals surface area contributed by atoms with Crippen LogP contribution in [-0.2, 0) is 6.42 Å². The fourth-order valence-corrected chi connectivity index (χ4v) is 2.81. The Balaban J connectivity index is 2.53. The second-order valence-corrected chi connectivity index (χ2v) is 9.39. The third-order valence-corrected chi connectivity index (χ3v) is 3.59. The van der Waals surface area contributed by atoms with Gasteiger partial charge in [0.05, 0.1) is 3.23 Å². The largest absolute Gasteiger partial charge is 0.0817 e. The summed E-state index contributed by atoms with van der Waals surface area (Å²) in [7, 11) is 0. The van der Waals surface area contributed by atoms with Gasteiger partial charge in [-0.15, -0.1) is 0 Å². The van der Waals surface area contributed by atoms with Crippen LogP contribution >= 0.6 is 31.9 Å². The molecule has 0 amide bonds. The summed E-state index contributed by atoms with van der Waals surface area (Å²) >= 11 is 7.28. The molecule has 0 saturated heterocycles. The van der Waals surface area contributed by atoms with Crippen LogP contribution in [0.4, 0.5) is 0 Å². The van der Waals surface area contributed by atoms with Crippen molar-refractivity contribution in [1.82, 2.24) is 0 Å². The molecule has 2 rings (SSSR count). The first kappa shape index (κ1) is 13.1. The predicted molar refractivity (Wildman–Crippen MR) is 82.5 cm³/mol. The average molecular weight is 356 g/mol. The van der Waals surface area contributed by atoms with E-state index < -0.39 is 0 Å². The van der Waals surface area contributed by atoms with Crippen LogP contribution < -0.4 is 0 Å². The molecule has 0 aromatic rings. The molecule has 17 heavy (non-hydrogen) atoms. The number of fused-ring (bicyclic) bond motifs is 1. The van der Waals surface area contributed by atoms with Crippen molar-refractivity contribution in [1.29, 1.82) is 0 Å². The Morgan fingerprint density at radius 1 is 0.941 bits per heavy atom. The van der Waals surface area contributed by atoms with E-state index in [9.17, 15) is 0 Å². The van der Waals surface area contributed by atoms with Crippen molar-refractivity contribution in [3.05, 3.63) is 47.0 Å². The number of hydrogen-bond acceptors (Lipinski definition) is 0. The van der Waals surface area contributed by atoms with Crippen LogP contribution in [0, 0.1) is 13.8 Å². The monoisotopic (exact) mass is 354 g/mol. The number of halogens is 2. The van der Waals surface area contributed by atoms with E-state index in [1.165, 1.54) is 27.8 Å². The predicted octanol–water partition coefficient (Wildman–Crippen LogP) is 5.46. The topological polar surface area (TPSA) is 0 Å². The summed E-state index contributed by atoms with van der Waals surface area (Å²) in [5.41, 5.74) is 6.76. The molecule has 2 aliphatic carbocycles. The number of alkyl halides is 2. The summed E-state index contributed by atoms with van der Waals surface area (Å²) in [5.74, 6) is 0. The van der Waals surface area contributed by atoms with Gasteiger partial charge in [-0.1, -0.05) is 62.2 Å². The van der Waals surface area contributed by atoms with Crippen molar-refractivity contribution >= 4 is 31.9 Å². The summed E-state index contributed by atoms with van der Waals surface area (Å²) in [6.45, 7) is 6.47. The Bertz CT molecular complexity index is 509. The smallest absolute Gasteiger partial charge is 0.0727 e. The number of rotatable bonds is 2. The van der Waals surface area contributed by atoms with Gasteiger partial charge in [0, 0.05) is 0 Å². The molecule has 0 spiro atoms. The average Bonchev–Trinajstić information content (AvgIpc) is 2.46. The first-order chi connectivity index (χ1) is 7.87. The highest BCUT2D eigenvalue weighted by Gasteiger charge is 2.17. The van der Waals surface area contributed by atoms with E-state index in [4.69, 9.17) is 0 Å². The summed E-state index contributed by atoms with van der Waals surface area (Å²) < 4.78 is -0.0327. The normalized spacial score (nSPS) is 12.1. The molecule has 0 nitrogen and oxygen atoms in total. The van der Waals surface area contributed by atoms with E-state index in [1.54, 1.807) is 0 Å². The quantitative estimate of drug-likeness (QED) is 0.627. The second-order valence-electron chi connectivity index (χ2n) is 4.83. The van der Waals surface area contributed by atoms with Crippen molar-refractivity contribution < 1.29 is 0 Å². The first-order valence-electron chi connectivity index (χ1n) is 5.73. The summed E-state index contributed by atoms with van der Waals surface area (Å²) in [4.78, 5) is 0. The van der Waals surface area contributed by atoms with Crippen LogP contribution in [0.1, 0.15) is 23.6 Å². The highest BCUT2D eigenvalue weighted by Crippen LogP contribution is 2.34. The van der Waals surface area contributed by atoms with Gasteiger partial charge in [0.15, 0.2) is 0 Å². The van der Waals surface area contributed by atoms with Crippen LogP contribution in [0.25, 0.3) is 11.1 Å². The summed E-state index contributed by atoms with van der Waals surface area (Å²) in [6.07, 6.45) is 0.959. The Morgan fingerprint density at radius 3 is 2.18 bits per heavy atom. The van der Waals surface area contributed by atoms with Crippen LogP contribution in [-0.4, -0.2) is 3.23 Å². The van der Waals surface area contributed by atoms with E-state index in [-0.39, 0.29) is 3.23 Å². The van der Waals surface area contributed by atoms with Crippen LogP contribution in [0.15, 0.2) is 30.3 Å². The van der Waals surface area contributed by atoms with Gasteiger partial charge in [0.25, 0.3) is 0 Å². The van der Waals surface area contributed by atoms with Crippen molar-refractivity contribution in [3.63, 3.8) is 0 Å². The maximum absolute atomic E-state index is 3.64. The maximum Gasteiger partial charge on any atom is 0.0817 e. The lowest BCUT2D eigenvalue weighted by Crippen LogP contribution is -2.08. The fourth-order valence-electron chi connectivity index (χ4n) is 2.16. The molecule has 0 bridgehead atoms. The molecule has 0 atom stereocenters. The zero-order valence-corrected chi connectivity index (χ0v) is 13.5. The van der Waals surface area contributed by atoms with Crippen LogP contribution in [0.3, 0.4) is 0 Å². The Kier molecular flexibility index (Phi) is 3.65. The van der Waals surface area contributed by atoms with Crippen LogP contribution in [0.5, 0.6) is 0 Å². The lowest BCUT2D eigenvalue weighted by Gasteiger charge is -2.13. The molecule has 0 saturated carbocycles. The molecule has 2 heteroatoms. The minimum absolute atomic E-state index is 0.0327. The van der Waals surface area contributed by atoms with Crippen molar-refractivity contribution in [2.24, 2.45) is 0 Å². The molecular weight excluding hydrogens is 340 g/mol. The highest BCUT2D eigenvalue weighted by atomic mass is 79.9. The maximum atomic E-state index is 3.64. The molecule has 0 radical (unpaired) electrons. The highest BCUT2D eigenvalue weighted by molar-refractivity contribution is 9.25. The van der Waals surface area contributed by atoms with Gasteiger partial charge in [-0.2, -0.15) is 0 Å². The molecule has 0 unspecified atom stereocenters. The van der Waals surface area contributed by atoms with Gasteiger partial charge < -0.3 is 0 Å². The fraction of sp³-hybridized carbons (Fsp3) is 0.333. The van der Waals surface area contributed by atoms with Crippen LogP contribution in [0.2, 0.25) is 0 Å². The van der Waals surface area contributed by atoms with Gasteiger partial charge in [-0.25, -0.2) is 0 Å². The van der Waals surface area contributed by atoms with Gasteiger partial charge in [0.2, 0.25) is 0 Å². The molecule has 0 N–H and O–H groups in total. The minimum atomic E-state index is -0.0327. The molecule has 0 fully saturated rings. The molecule has 2 aliphatic rings. The van der Waals surface area contributed by atoms with E-state index in [0.29, 0.717) is 0 Å². The molecular formula is C15H16Br2. The van der Waals surface area contributed by atoms with Gasteiger partial charge in [-0.05, 0) is 55.0 Å². The van der Waals surface area contributed by atoms with Gasteiger partial charge in [0.1, 0.15) is 0 Å². The Labute approximate surface area is 120 Å². The van der Waals surface area contributed by atoms with Gasteiger partial charge in [-0.3, -0.25) is 0 Å². The standard InChI is InChI=1S/C15H16Br2/c1-10-4-6-12(9-15(3,16)17)8-14-11(2)5-7-13(10)14/h4-8H,9H2,1-3H3. The number of hydrogen-bond donors (Lipinski definition) is 0. The lowest BCUT2D eigenvalue weighted by molar-refractivity contribution is 0.915. The molecule has 0 aromatic heterocycles. The second kappa shape index (κ2) is 4.74. The molecule has 0 heterocycles. The van der Waals surface area contributed by atoms with E-state index in [2.05, 4.69) is 83.0 Å². The third-order valence-electron chi connectivity index (χ3n) is 3.03.